The van der Waals surface area contributed by atoms with Crippen molar-refractivity contribution >= 4 is 0 Å². The van der Waals surface area contributed by atoms with Crippen molar-refractivity contribution in [1.29, 1.82) is 0 Å². The smallest absolute Gasteiger partial charge is 0.200 e. The number of rotatable bonds is 3. The highest BCUT2D eigenvalue weighted by molar-refractivity contribution is 5.52. The van der Waals surface area contributed by atoms with E-state index in [0.717, 1.165) is 0 Å². The summed E-state index contributed by atoms with van der Waals surface area (Å²) in [6.07, 6.45) is 0. The van der Waals surface area contributed by atoms with E-state index in [1.807, 2.05) is 6.92 Å². The standard InChI is InChI=1S/C9H12O4/c1-2-13-5-6-3-4-7(10)9(12)8(6)11/h3-4,10-12H,2,5H2,1H3. The summed E-state index contributed by atoms with van der Waals surface area (Å²) >= 11 is 0. The zero-order valence-electron chi connectivity index (χ0n) is 7.32. The van der Waals surface area contributed by atoms with Gasteiger partial charge in [0.15, 0.2) is 11.5 Å². The molecule has 0 aromatic heterocycles. The normalized spacial score (nSPS) is 10.2. The first kappa shape index (κ1) is 9.67. The van der Waals surface area contributed by atoms with Gasteiger partial charge in [-0.2, -0.15) is 0 Å². The molecule has 0 atom stereocenters. The second-order valence-electron chi connectivity index (χ2n) is 2.58. The molecular weight excluding hydrogens is 172 g/mol. The molecule has 3 N–H and O–H groups in total. The first-order valence-corrected chi connectivity index (χ1v) is 3.97. The molecule has 0 spiro atoms. The molecule has 1 aromatic carbocycles. The molecule has 4 heteroatoms. The maximum Gasteiger partial charge on any atom is 0.200 e. The summed E-state index contributed by atoms with van der Waals surface area (Å²) < 4.78 is 5.04. The average molecular weight is 184 g/mol. The molecule has 72 valence electrons. The van der Waals surface area contributed by atoms with Crippen molar-refractivity contribution in [3.63, 3.8) is 0 Å². The van der Waals surface area contributed by atoms with Crippen molar-refractivity contribution in [3.05, 3.63) is 17.7 Å². The van der Waals surface area contributed by atoms with Gasteiger partial charge in [-0.3, -0.25) is 0 Å². The Morgan fingerprint density at radius 2 is 1.85 bits per heavy atom. The molecule has 0 heterocycles. The van der Waals surface area contributed by atoms with Crippen LogP contribution in [0, 0.1) is 0 Å². The third kappa shape index (κ3) is 2.03. The molecule has 0 saturated carbocycles. The molecular formula is C9H12O4. The topological polar surface area (TPSA) is 69.9 Å². The Hall–Kier alpha value is -1.42. The van der Waals surface area contributed by atoms with Crippen molar-refractivity contribution in [2.24, 2.45) is 0 Å². The van der Waals surface area contributed by atoms with Gasteiger partial charge in [0.05, 0.1) is 6.61 Å². The lowest BCUT2D eigenvalue weighted by Crippen LogP contribution is -1.92. The van der Waals surface area contributed by atoms with Gasteiger partial charge in [-0.15, -0.1) is 0 Å². The highest BCUT2D eigenvalue weighted by atomic mass is 16.5. The first-order valence-electron chi connectivity index (χ1n) is 3.97. The van der Waals surface area contributed by atoms with Gasteiger partial charge in [-0.25, -0.2) is 0 Å². The van der Waals surface area contributed by atoms with Gasteiger partial charge in [-0.05, 0) is 19.1 Å². The fourth-order valence-corrected chi connectivity index (χ4v) is 0.939. The predicted octanol–water partition coefficient (Wildman–Crippen LogP) is 1.34. The predicted molar refractivity (Wildman–Crippen MR) is 46.8 cm³/mol. The molecule has 4 nitrogen and oxygen atoms in total. The van der Waals surface area contributed by atoms with Crippen molar-refractivity contribution < 1.29 is 20.1 Å². The lowest BCUT2D eigenvalue weighted by molar-refractivity contribution is 0.131. The van der Waals surface area contributed by atoms with Crippen molar-refractivity contribution in [2.75, 3.05) is 6.61 Å². The van der Waals surface area contributed by atoms with Crippen LogP contribution < -0.4 is 0 Å². The van der Waals surface area contributed by atoms with Crippen LogP contribution in [0.2, 0.25) is 0 Å². The molecule has 0 aliphatic heterocycles. The van der Waals surface area contributed by atoms with Crippen LogP contribution in [0.1, 0.15) is 12.5 Å². The third-order valence-electron chi connectivity index (χ3n) is 1.68. The van der Waals surface area contributed by atoms with E-state index in [4.69, 9.17) is 14.9 Å². The second kappa shape index (κ2) is 4.00. The molecule has 0 fully saturated rings. The molecule has 0 saturated heterocycles. The third-order valence-corrected chi connectivity index (χ3v) is 1.68. The largest absolute Gasteiger partial charge is 0.504 e. The summed E-state index contributed by atoms with van der Waals surface area (Å²) in [5, 5.41) is 27.4. The van der Waals surface area contributed by atoms with Crippen LogP contribution in [0.15, 0.2) is 12.1 Å². The minimum atomic E-state index is -0.503. The maximum atomic E-state index is 9.32. The van der Waals surface area contributed by atoms with Crippen molar-refractivity contribution in [3.8, 4) is 17.2 Å². The fourth-order valence-electron chi connectivity index (χ4n) is 0.939. The van der Waals surface area contributed by atoms with E-state index in [9.17, 15) is 5.11 Å². The van der Waals surface area contributed by atoms with Crippen LogP contribution in [0.25, 0.3) is 0 Å². The number of hydrogen-bond donors (Lipinski definition) is 3. The maximum absolute atomic E-state index is 9.32. The summed E-state index contributed by atoms with van der Waals surface area (Å²) in [7, 11) is 0. The van der Waals surface area contributed by atoms with Gasteiger partial charge in [0.1, 0.15) is 0 Å². The zero-order chi connectivity index (χ0) is 9.84. The molecule has 1 aromatic rings. The second-order valence-corrected chi connectivity index (χ2v) is 2.58. The summed E-state index contributed by atoms with van der Waals surface area (Å²) in [4.78, 5) is 0. The highest BCUT2D eigenvalue weighted by Gasteiger charge is 2.10. The molecule has 0 unspecified atom stereocenters. The first-order chi connectivity index (χ1) is 6.16. The fraction of sp³-hybridized carbons (Fsp3) is 0.333. The van der Waals surface area contributed by atoms with Crippen LogP contribution in [-0.4, -0.2) is 21.9 Å². The van der Waals surface area contributed by atoms with E-state index in [1.54, 1.807) is 0 Å². The van der Waals surface area contributed by atoms with Gasteiger partial charge < -0.3 is 20.1 Å². The van der Waals surface area contributed by atoms with Gasteiger partial charge in [0.25, 0.3) is 0 Å². The van der Waals surface area contributed by atoms with Gasteiger partial charge in [0, 0.05) is 12.2 Å². The van der Waals surface area contributed by atoms with Crippen LogP contribution in [0.4, 0.5) is 0 Å². The highest BCUT2D eigenvalue weighted by Crippen LogP contribution is 2.37. The summed E-state index contributed by atoms with van der Waals surface area (Å²) in [5.74, 6) is -1.16. The van der Waals surface area contributed by atoms with E-state index in [-0.39, 0.29) is 18.1 Å². The van der Waals surface area contributed by atoms with Gasteiger partial charge in [0.2, 0.25) is 5.75 Å². The lowest BCUT2D eigenvalue weighted by Gasteiger charge is -2.06. The average Bonchev–Trinajstić information content (AvgIpc) is 2.13. The molecule has 1 rings (SSSR count). The molecule has 0 amide bonds. The Labute approximate surface area is 76.0 Å². The SMILES string of the molecule is CCOCc1ccc(O)c(O)c1O. The quantitative estimate of drug-likeness (QED) is 0.620. The number of phenolic OH excluding ortho intramolecular Hbond substituents is 3. The number of aromatic hydroxyl groups is 3. The van der Waals surface area contributed by atoms with E-state index in [1.165, 1.54) is 12.1 Å². The minimum absolute atomic E-state index is 0.218. The Kier molecular flexibility index (Phi) is 2.97. The lowest BCUT2D eigenvalue weighted by atomic mass is 10.2. The van der Waals surface area contributed by atoms with Gasteiger partial charge >= 0.3 is 0 Å². The number of ether oxygens (including phenoxy) is 1. The van der Waals surface area contributed by atoms with Crippen LogP contribution in [0.3, 0.4) is 0 Å². The molecule has 0 aliphatic carbocycles. The van der Waals surface area contributed by atoms with E-state index in [2.05, 4.69) is 0 Å². The zero-order valence-corrected chi connectivity index (χ0v) is 7.32. The molecule has 0 bridgehead atoms. The number of hydrogen-bond acceptors (Lipinski definition) is 4. The molecule has 0 aliphatic rings. The number of benzene rings is 1. The van der Waals surface area contributed by atoms with Crippen LogP contribution in [0.5, 0.6) is 17.2 Å². The molecule has 13 heavy (non-hydrogen) atoms. The van der Waals surface area contributed by atoms with E-state index in [0.29, 0.717) is 12.2 Å². The Bertz CT molecular complexity index is 296. The minimum Gasteiger partial charge on any atom is -0.504 e. The molecule has 0 radical (unpaired) electrons. The van der Waals surface area contributed by atoms with Crippen LogP contribution >= 0.6 is 0 Å². The monoisotopic (exact) mass is 184 g/mol. The van der Waals surface area contributed by atoms with Crippen molar-refractivity contribution in [2.45, 2.75) is 13.5 Å². The number of phenols is 3. The summed E-state index contributed by atoms with van der Waals surface area (Å²) in [5.41, 5.74) is 0.456. The Morgan fingerprint density at radius 3 is 2.46 bits per heavy atom. The summed E-state index contributed by atoms with van der Waals surface area (Å²) in [6, 6.07) is 2.81. The summed E-state index contributed by atoms with van der Waals surface area (Å²) in [6.45, 7) is 2.58. The van der Waals surface area contributed by atoms with Crippen molar-refractivity contribution in [1.82, 2.24) is 0 Å². The van der Waals surface area contributed by atoms with E-state index >= 15 is 0 Å². The Morgan fingerprint density at radius 1 is 1.15 bits per heavy atom. The Balaban J connectivity index is 2.90. The van der Waals surface area contributed by atoms with E-state index < -0.39 is 5.75 Å². The van der Waals surface area contributed by atoms with Gasteiger partial charge in [-0.1, -0.05) is 0 Å². The van der Waals surface area contributed by atoms with Crippen LogP contribution in [-0.2, 0) is 11.3 Å².